The van der Waals surface area contributed by atoms with Crippen LogP contribution in [-0.4, -0.2) is 64.6 Å². The zero-order chi connectivity index (χ0) is 12.9. The lowest BCUT2D eigenvalue weighted by molar-refractivity contribution is 0.0636. The summed E-state index contributed by atoms with van der Waals surface area (Å²) >= 11 is 0. The number of methoxy groups -OCH3 is 1. The molecule has 0 saturated carbocycles. The van der Waals surface area contributed by atoms with Crippen molar-refractivity contribution >= 4 is 0 Å². The Bertz CT molecular complexity index is 154. The molecule has 0 fully saturated rings. The number of nitrogens with one attached hydrogen (secondary N) is 1. The molecule has 4 nitrogen and oxygen atoms in total. The van der Waals surface area contributed by atoms with Gasteiger partial charge in [0, 0.05) is 20.2 Å². The Morgan fingerprint density at radius 3 is 2.47 bits per heavy atom. The largest absolute Gasteiger partial charge is 0.383 e. The molecule has 4 heteroatoms. The van der Waals surface area contributed by atoms with Crippen LogP contribution in [0, 0.1) is 0 Å². The Kier molecular flexibility index (Phi) is 12.2. The van der Waals surface area contributed by atoms with Crippen LogP contribution < -0.4 is 5.32 Å². The van der Waals surface area contributed by atoms with Crippen molar-refractivity contribution in [1.29, 1.82) is 0 Å². The maximum absolute atomic E-state index is 5.52. The van der Waals surface area contributed by atoms with Gasteiger partial charge in [-0.2, -0.15) is 0 Å². The van der Waals surface area contributed by atoms with Crippen molar-refractivity contribution in [1.82, 2.24) is 10.2 Å². The number of rotatable bonds is 12. The molecular weight excluding hydrogens is 216 g/mol. The first-order valence-corrected chi connectivity index (χ1v) is 6.66. The number of hydrogen-bond acceptors (Lipinski definition) is 4. The molecule has 0 heterocycles. The third-order valence-electron chi connectivity index (χ3n) is 2.55. The highest BCUT2D eigenvalue weighted by Crippen LogP contribution is 1.93. The lowest BCUT2D eigenvalue weighted by Gasteiger charge is -2.17. The van der Waals surface area contributed by atoms with Gasteiger partial charge in [0.15, 0.2) is 0 Å². The fraction of sp³-hybridized carbons (Fsp3) is 1.00. The van der Waals surface area contributed by atoms with E-state index in [1.54, 1.807) is 7.11 Å². The minimum absolute atomic E-state index is 0.341. The number of nitrogens with zero attached hydrogens (tertiary/aromatic N) is 1. The molecule has 0 bridgehead atoms. The minimum Gasteiger partial charge on any atom is -0.383 e. The molecule has 0 amide bonds. The van der Waals surface area contributed by atoms with Crippen molar-refractivity contribution in [2.24, 2.45) is 0 Å². The highest BCUT2D eigenvalue weighted by molar-refractivity contribution is 4.54. The van der Waals surface area contributed by atoms with E-state index < -0.39 is 0 Å². The predicted molar refractivity (Wildman–Crippen MR) is 72.6 cm³/mol. The van der Waals surface area contributed by atoms with Gasteiger partial charge in [0.05, 0.1) is 19.3 Å². The Hall–Kier alpha value is -0.160. The average molecular weight is 246 g/mol. The van der Waals surface area contributed by atoms with Crippen LogP contribution in [0.1, 0.15) is 26.7 Å². The molecule has 0 aliphatic heterocycles. The van der Waals surface area contributed by atoms with Crippen molar-refractivity contribution in [3.8, 4) is 0 Å². The fourth-order valence-corrected chi connectivity index (χ4v) is 1.49. The second kappa shape index (κ2) is 12.3. The summed E-state index contributed by atoms with van der Waals surface area (Å²) in [5.74, 6) is 0. The van der Waals surface area contributed by atoms with Gasteiger partial charge in [-0.3, -0.25) is 0 Å². The summed E-state index contributed by atoms with van der Waals surface area (Å²) in [6.07, 6.45) is 2.80. The highest BCUT2D eigenvalue weighted by Gasteiger charge is 1.99. The molecule has 1 N–H and O–H groups in total. The van der Waals surface area contributed by atoms with Crippen LogP contribution in [0.25, 0.3) is 0 Å². The molecule has 0 aliphatic carbocycles. The van der Waals surface area contributed by atoms with Crippen molar-refractivity contribution in [3.05, 3.63) is 0 Å². The number of likely N-dealkylation sites (N-methyl/N-ethyl adjacent to an activating group) is 1. The van der Waals surface area contributed by atoms with Crippen LogP contribution in [0.5, 0.6) is 0 Å². The van der Waals surface area contributed by atoms with Crippen molar-refractivity contribution in [3.63, 3.8) is 0 Å². The quantitative estimate of drug-likeness (QED) is 0.527. The smallest absolute Gasteiger partial charge is 0.0596 e. The molecule has 0 aromatic carbocycles. The normalized spacial score (nSPS) is 11.6. The van der Waals surface area contributed by atoms with Gasteiger partial charge < -0.3 is 19.7 Å². The van der Waals surface area contributed by atoms with E-state index >= 15 is 0 Å². The zero-order valence-corrected chi connectivity index (χ0v) is 12.0. The van der Waals surface area contributed by atoms with Gasteiger partial charge in [0.1, 0.15) is 0 Å². The van der Waals surface area contributed by atoms with E-state index in [9.17, 15) is 0 Å². The minimum atomic E-state index is 0.341. The van der Waals surface area contributed by atoms with E-state index in [4.69, 9.17) is 9.47 Å². The van der Waals surface area contributed by atoms with Gasteiger partial charge in [-0.1, -0.05) is 0 Å². The molecule has 0 unspecified atom stereocenters. The molecule has 104 valence electrons. The maximum Gasteiger partial charge on any atom is 0.0596 e. The summed E-state index contributed by atoms with van der Waals surface area (Å²) in [6.45, 7) is 9.99. The monoisotopic (exact) mass is 246 g/mol. The molecule has 0 saturated heterocycles. The van der Waals surface area contributed by atoms with Gasteiger partial charge in [0.25, 0.3) is 0 Å². The van der Waals surface area contributed by atoms with Gasteiger partial charge >= 0.3 is 0 Å². The second-order valence-corrected chi connectivity index (χ2v) is 4.67. The highest BCUT2D eigenvalue weighted by atomic mass is 16.5. The van der Waals surface area contributed by atoms with Gasteiger partial charge in [0.2, 0.25) is 0 Å². The summed E-state index contributed by atoms with van der Waals surface area (Å²) in [7, 11) is 3.89. The van der Waals surface area contributed by atoms with E-state index in [0.717, 1.165) is 39.4 Å². The first kappa shape index (κ1) is 16.8. The second-order valence-electron chi connectivity index (χ2n) is 4.67. The summed E-state index contributed by atoms with van der Waals surface area (Å²) in [6, 6.07) is 0. The van der Waals surface area contributed by atoms with Crippen molar-refractivity contribution in [2.45, 2.75) is 32.8 Å². The third kappa shape index (κ3) is 13.8. The van der Waals surface area contributed by atoms with Crippen LogP contribution in [0.4, 0.5) is 0 Å². The Morgan fingerprint density at radius 1 is 1.06 bits per heavy atom. The first-order chi connectivity index (χ1) is 8.16. The molecular formula is C13H30N2O2. The van der Waals surface area contributed by atoms with Gasteiger partial charge in [-0.15, -0.1) is 0 Å². The molecule has 0 radical (unpaired) electrons. The van der Waals surface area contributed by atoms with Crippen LogP contribution in [0.3, 0.4) is 0 Å². The van der Waals surface area contributed by atoms with Crippen LogP contribution >= 0.6 is 0 Å². The summed E-state index contributed by atoms with van der Waals surface area (Å²) in [4.78, 5) is 2.33. The van der Waals surface area contributed by atoms with Crippen LogP contribution in [0.2, 0.25) is 0 Å². The molecule has 0 aliphatic rings. The number of unbranched alkanes of at least 4 members (excludes halogenated alkanes) is 1. The third-order valence-corrected chi connectivity index (χ3v) is 2.55. The average Bonchev–Trinajstić information content (AvgIpc) is 2.27. The SMILES string of the molecule is COCCNCCCCN(C)CCOC(C)C. The summed E-state index contributed by atoms with van der Waals surface area (Å²) in [5, 5.41) is 3.35. The van der Waals surface area contributed by atoms with E-state index in [1.807, 2.05) is 0 Å². The Labute approximate surface area is 107 Å². The van der Waals surface area contributed by atoms with E-state index in [0.29, 0.717) is 6.10 Å². The number of hydrogen-bond donors (Lipinski definition) is 1. The Balaban J connectivity index is 3.13. The van der Waals surface area contributed by atoms with Crippen molar-refractivity contribution < 1.29 is 9.47 Å². The molecule has 0 spiro atoms. The fourth-order valence-electron chi connectivity index (χ4n) is 1.49. The molecule has 0 aromatic rings. The molecule has 0 aromatic heterocycles. The maximum atomic E-state index is 5.52. The standard InChI is InChI=1S/C13H30N2O2/c1-13(2)17-12-10-15(3)9-6-5-7-14-8-11-16-4/h13-14H,5-12H2,1-4H3. The molecule has 17 heavy (non-hydrogen) atoms. The number of ether oxygens (including phenoxy) is 2. The van der Waals surface area contributed by atoms with Crippen molar-refractivity contribution in [2.75, 3.05) is 53.6 Å². The molecule has 0 rings (SSSR count). The van der Waals surface area contributed by atoms with Gasteiger partial charge in [-0.25, -0.2) is 0 Å². The lowest BCUT2D eigenvalue weighted by atomic mass is 10.3. The topological polar surface area (TPSA) is 33.7 Å². The predicted octanol–water partition coefficient (Wildman–Crippen LogP) is 1.36. The molecule has 0 atom stereocenters. The lowest BCUT2D eigenvalue weighted by Crippen LogP contribution is -2.26. The van der Waals surface area contributed by atoms with E-state index in [1.165, 1.54) is 12.8 Å². The van der Waals surface area contributed by atoms with E-state index in [2.05, 4.69) is 31.1 Å². The summed E-state index contributed by atoms with van der Waals surface area (Å²) in [5.41, 5.74) is 0. The van der Waals surface area contributed by atoms with Gasteiger partial charge in [-0.05, 0) is 46.8 Å². The summed E-state index contributed by atoms with van der Waals surface area (Å²) < 4.78 is 10.5. The zero-order valence-electron chi connectivity index (χ0n) is 12.0. The van der Waals surface area contributed by atoms with Crippen LogP contribution in [0.15, 0.2) is 0 Å². The van der Waals surface area contributed by atoms with Crippen LogP contribution in [-0.2, 0) is 9.47 Å². The Morgan fingerprint density at radius 2 is 1.82 bits per heavy atom. The first-order valence-electron chi connectivity index (χ1n) is 6.66. The van der Waals surface area contributed by atoms with E-state index in [-0.39, 0.29) is 0 Å².